The fourth-order valence-electron chi connectivity index (χ4n) is 3.28. The van der Waals surface area contributed by atoms with Gasteiger partial charge < -0.3 is 10.1 Å². The third-order valence-corrected chi connectivity index (χ3v) is 4.56. The predicted molar refractivity (Wildman–Crippen MR) is 62.9 cm³/mol. The molecule has 2 fully saturated rings. The van der Waals surface area contributed by atoms with Crippen LogP contribution in [0.2, 0.25) is 0 Å². The van der Waals surface area contributed by atoms with Gasteiger partial charge in [0.05, 0.1) is 6.10 Å². The van der Waals surface area contributed by atoms with Crippen molar-refractivity contribution in [2.24, 2.45) is 11.8 Å². The van der Waals surface area contributed by atoms with E-state index in [4.69, 9.17) is 4.74 Å². The van der Waals surface area contributed by atoms with Crippen molar-refractivity contribution >= 4 is 0 Å². The van der Waals surface area contributed by atoms with Crippen molar-refractivity contribution < 1.29 is 4.74 Å². The quantitative estimate of drug-likeness (QED) is 0.774. The molecule has 0 radical (unpaired) electrons. The van der Waals surface area contributed by atoms with Crippen LogP contribution in [-0.4, -0.2) is 24.8 Å². The van der Waals surface area contributed by atoms with Crippen molar-refractivity contribution in [1.29, 1.82) is 0 Å². The van der Waals surface area contributed by atoms with Gasteiger partial charge in [-0.25, -0.2) is 0 Å². The van der Waals surface area contributed by atoms with Gasteiger partial charge in [0.25, 0.3) is 0 Å². The van der Waals surface area contributed by atoms with E-state index in [-0.39, 0.29) is 0 Å². The molecule has 5 atom stereocenters. The normalized spacial score (nSPS) is 46.2. The monoisotopic (exact) mass is 211 g/mol. The van der Waals surface area contributed by atoms with Crippen LogP contribution in [-0.2, 0) is 4.74 Å². The molecule has 0 spiro atoms. The Hall–Kier alpha value is -0.0800. The van der Waals surface area contributed by atoms with Crippen LogP contribution in [0.5, 0.6) is 0 Å². The van der Waals surface area contributed by atoms with Crippen LogP contribution in [0, 0.1) is 11.8 Å². The summed E-state index contributed by atoms with van der Waals surface area (Å²) in [7, 11) is 0. The van der Waals surface area contributed by atoms with Gasteiger partial charge in [0.15, 0.2) is 0 Å². The topological polar surface area (TPSA) is 21.3 Å². The maximum absolute atomic E-state index is 5.60. The van der Waals surface area contributed by atoms with Gasteiger partial charge in [-0.15, -0.1) is 0 Å². The third kappa shape index (κ3) is 2.36. The van der Waals surface area contributed by atoms with E-state index < -0.39 is 0 Å². The Morgan fingerprint density at radius 1 is 1.13 bits per heavy atom. The minimum Gasteiger partial charge on any atom is -0.377 e. The van der Waals surface area contributed by atoms with Crippen molar-refractivity contribution in [2.45, 2.75) is 64.6 Å². The lowest BCUT2D eigenvalue weighted by Crippen LogP contribution is -2.43. The van der Waals surface area contributed by atoms with Gasteiger partial charge in [-0.05, 0) is 38.0 Å². The molecule has 1 heterocycles. The number of hydrogen-bond donors (Lipinski definition) is 1. The van der Waals surface area contributed by atoms with E-state index in [0.29, 0.717) is 12.1 Å². The Morgan fingerprint density at radius 3 is 2.47 bits per heavy atom. The van der Waals surface area contributed by atoms with Gasteiger partial charge in [-0.1, -0.05) is 20.3 Å². The average Bonchev–Trinajstić information content (AvgIpc) is 2.77. The summed E-state index contributed by atoms with van der Waals surface area (Å²) in [6.07, 6.45) is 5.73. The van der Waals surface area contributed by atoms with Crippen molar-refractivity contribution in [3.05, 3.63) is 0 Å². The lowest BCUT2D eigenvalue weighted by Gasteiger charge is -2.26. The second-order valence-electron chi connectivity index (χ2n) is 5.35. The van der Waals surface area contributed by atoms with Crippen LogP contribution in [0.4, 0.5) is 0 Å². The van der Waals surface area contributed by atoms with Crippen LogP contribution < -0.4 is 5.32 Å². The Bertz CT molecular complexity index is 207. The summed E-state index contributed by atoms with van der Waals surface area (Å²) in [5.74, 6) is 1.79. The molecule has 2 rings (SSSR count). The van der Waals surface area contributed by atoms with E-state index in [1.807, 2.05) is 0 Å². The van der Waals surface area contributed by atoms with Gasteiger partial charge >= 0.3 is 0 Å². The lowest BCUT2D eigenvalue weighted by molar-refractivity contribution is 0.109. The zero-order valence-corrected chi connectivity index (χ0v) is 10.3. The maximum Gasteiger partial charge on any atom is 0.0700 e. The predicted octanol–water partition coefficient (Wildman–Crippen LogP) is 2.58. The van der Waals surface area contributed by atoms with Crippen molar-refractivity contribution in [3.63, 3.8) is 0 Å². The molecular weight excluding hydrogens is 186 g/mol. The molecule has 2 nitrogen and oxygen atoms in total. The molecule has 5 unspecified atom stereocenters. The molecule has 2 heteroatoms. The van der Waals surface area contributed by atoms with Crippen LogP contribution in [0.15, 0.2) is 0 Å². The van der Waals surface area contributed by atoms with Gasteiger partial charge in [0.1, 0.15) is 0 Å². The molecule has 0 aromatic carbocycles. The van der Waals surface area contributed by atoms with Crippen LogP contribution >= 0.6 is 0 Å². The molecule has 1 aliphatic heterocycles. The molecule has 1 saturated heterocycles. The van der Waals surface area contributed by atoms with Crippen LogP contribution in [0.1, 0.15) is 46.5 Å². The highest BCUT2D eigenvalue weighted by molar-refractivity contribution is 4.91. The third-order valence-electron chi connectivity index (χ3n) is 4.56. The van der Waals surface area contributed by atoms with E-state index in [2.05, 4.69) is 26.1 Å². The summed E-state index contributed by atoms with van der Waals surface area (Å²) in [5, 5.41) is 3.82. The van der Waals surface area contributed by atoms with Crippen molar-refractivity contribution in [2.75, 3.05) is 6.61 Å². The van der Waals surface area contributed by atoms with Gasteiger partial charge in [-0.2, -0.15) is 0 Å². The smallest absolute Gasteiger partial charge is 0.0700 e. The van der Waals surface area contributed by atoms with Crippen LogP contribution in [0.3, 0.4) is 0 Å². The zero-order chi connectivity index (χ0) is 10.8. The highest BCUT2D eigenvalue weighted by atomic mass is 16.5. The molecule has 1 aliphatic carbocycles. The Morgan fingerprint density at radius 2 is 1.93 bits per heavy atom. The second kappa shape index (κ2) is 4.84. The summed E-state index contributed by atoms with van der Waals surface area (Å²) in [6, 6.07) is 1.34. The molecule has 88 valence electrons. The molecule has 15 heavy (non-hydrogen) atoms. The first-order chi connectivity index (χ1) is 7.22. The molecule has 1 N–H and O–H groups in total. The number of nitrogens with one attached hydrogen (secondary N) is 1. The summed E-state index contributed by atoms with van der Waals surface area (Å²) in [4.78, 5) is 0. The van der Waals surface area contributed by atoms with Crippen molar-refractivity contribution in [1.82, 2.24) is 5.32 Å². The fourth-order valence-corrected chi connectivity index (χ4v) is 3.28. The highest BCUT2D eigenvalue weighted by Gasteiger charge is 2.35. The molecular formula is C13H25NO. The maximum atomic E-state index is 5.60. The van der Waals surface area contributed by atoms with E-state index in [9.17, 15) is 0 Å². The minimum absolute atomic E-state index is 0.415. The Kier molecular flexibility index (Phi) is 3.68. The fraction of sp³-hybridized carbons (Fsp3) is 1.00. The molecule has 0 amide bonds. The second-order valence-corrected chi connectivity index (χ2v) is 5.35. The average molecular weight is 211 g/mol. The SMILES string of the molecule is CCC1CCC(NC2CCOC2C)C1C. The molecule has 1 saturated carbocycles. The molecule has 2 aliphatic rings. The van der Waals surface area contributed by atoms with E-state index in [0.717, 1.165) is 24.5 Å². The first kappa shape index (κ1) is 11.4. The largest absolute Gasteiger partial charge is 0.377 e. The Labute approximate surface area is 93.8 Å². The standard InChI is InChI=1S/C13H25NO/c1-4-11-5-6-12(9(11)2)14-13-7-8-15-10(13)3/h9-14H,4-8H2,1-3H3. The molecule has 0 bridgehead atoms. The van der Waals surface area contributed by atoms with Gasteiger partial charge in [-0.3, -0.25) is 0 Å². The van der Waals surface area contributed by atoms with E-state index in [1.54, 1.807) is 0 Å². The summed E-state index contributed by atoms with van der Waals surface area (Å²) < 4.78 is 5.60. The summed E-state index contributed by atoms with van der Waals surface area (Å²) in [5.41, 5.74) is 0. The lowest BCUT2D eigenvalue weighted by atomic mass is 9.93. The summed E-state index contributed by atoms with van der Waals surface area (Å²) >= 11 is 0. The number of rotatable bonds is 3. The first-order valence-corrected chi connectivity index (χ1v) is 6.60. The summed E-state index contributed by atoms with van der Waals surface area (Å²) in [6.45, 7) is 7.88. The molecule has 0 aromatic heterocycles. The van der Waals surface area contributed by atoms with Gasteiger partial charge in [0.2, 0.25) is 0 Å². The highest BCUT2D eigenvalue weighted by Crippen LogP contribution is 2.34. The molecule has 0 aromatic rings. The Balaban J connectivity index is 1.85. The number of ether oxygens (including phenoxy) is 1. The van der Waals surface area contributed by atoms with E-state index >= 15 is 0 Å². The minimum atomic E-state index is 0.415. The van der Waals surface area contributed by atoms with Crippen molar-refractivity contribution in [3.8, 4) is 0 Å². The van der Waals surface area contributed by atoms with Crippen LogP contribution in [0.25, 0.3) is 0 Å². The van der Waals surface area contributed by atoms with Gasteiger partial charge in [0, 0.05) is 18.7 Å². The number of hydrogen-bond acceptors (Lipinski definition) is 2. The zero-order valence-electron chi connectivity index (χ0n) is 10.3. The van der Waals surface area contributed by atoms with E-state index in [1.165, 1.54) is 25.7 Å². The first-order valence-electron chi connectivity index (χ1n) is 6.60.